The van der Waals surface area contributed by atoms with Crippen molar-refractivity contribution in [3.8, 4) is 11.8 Å². The van der Waals surface area contributed by atoms with E-state index < -0.39 is 0 Å². The summed E-state index contributed by atoms with van der Waals surface area (Å²) in [6.45, 7) is 13.6. The number of amides is 1. The second-order valence-electron chi connectivity index (χ2n) is 8.49. The van der Waals surface area contributed by atoms with Gasteiger partial charge in [0.05, 0.1) is 0 Å². The maximum absolute atomic E-state index is 12.4. The van der Waals surface area contributed by atoms with Crippen LogP contribution in [0.2, 0.25) is 0 Å². The van der Waals surface area contributed by atoms with Crippen molar-refractivity contribution in [1.29, 1.82) is 0 Å². The number of carbonyl (C=O) groups is 1. The molecule has 0 bridgehead atoms. The van der Waals surface area contributed by atoms with Crippen molar-refractivity contribution in [3.63, 3.8) is 0 Å². The van der Waals surface area contributed by atoms with Gasteiger partial charge < -0.3 is 5.32 Å². The van der Waals surface area contributed by atoms with E-state index in [1.54, 1.807) is 0 Å². The van der Waals surface area contributed by atoms with Crippen molar-refractivity contribution in [2.45, 2.75) is 86.1 Å². The van der Waals surface area contributed by atoms with Crippen LogP contribution in [0.25, 0.3) is 0 Å². The van der Waals surface area contributed by atoms with Crippen LogP contribution in [-0.2, 0) is 17.8 Å². The molecule has 0 aliphatic rings. The number of aryl methyl sites for hydroxylation is 4. The smallest absolute Gasteiger partial charge is 0.220 e. The molecular weight excluding hydrogens is 366 g/mol. The summed E-state index contributed by atoms with van der Waals surface area (Å²) in [5.74, 6) is 7.17. The van der Waals surface area contributed by atoms with Gasteiger partial charge in [-0.25, -0.2) is 0 Å². The molecule has 2 heteroatoms. The predicted octanol–water partition coefficient (Wildman–Crippen LogP) is 6.53. The van der Waals surface area contributed by atoms with E-state index in [4.69, 9.17) is 0 Å². The Hall–Kier alpha value is -2.53. The molecule has 2 nitrogen and oxygen atoms in total. The molecule has 0 heterocycles. The van der Waals surface area contributed by atoms with Crippen molar-refractivity contribution in [2.24, 2.45) is 0 Å². The zero-order chi connectivity index (χ0) is 22.1. The fourth-order valence-corrected chi connectivity index (χ4v) is 4.02. The molecule has 160 valence electrons. The van der Waals surface area contributed by atoms with Crippen molar-refractivity contribution < 1.29 is 4.79 Å². The Morgan fingerprint density at radius 2 is 1.70 bits per heavy atom. The first-order valence-corrected chi connectivity index (χ1v) is 11.3. The molecular formula is C28H37NO. The molecule has 0 saturated heterocycles. The Bertz CT molecular complexity index is 907. The van der Waals surface area contributed by atoms with Gasteiger partial charge in [0.2, 0.25) is 5.91 Å². The molecule has 0 radical (unpaired) electrons. The maximum Gasteiger partial charge on any atom is 0.220 e. The average Bonchev–Trinajstić information content (AvgIpc) is 2.71. The summed E-state index contributed by atoms with van der Waals surface area (Å²) in [5.41, 5.74) is 8.94. The Kier molecular flexibility index (Phi) is 9.18. The Labute approximate surface area is 183 Å². The molecule has 2 rings (SSSR count). The zero-order valence-corrected chi connectivity index (χ0v) is 19.6. The molecule has 1 N–H and O–H groups in total. The van der Waals surface area contributed by atoms with Gasteiger partial charge in [0.1, 0.15) is 0 Å². The van der Waals surface area contributed by atoms with Crippen LogP contribution >= 0.6 is 0 Å². The third kappa shape index (κ3) is 6.49. The summed E-state index contributed by atoms with van der Waals surface area (Å²) in [7, 11) is 0. The summed E-state index contributed by atoms with van der Waals surface area (Å²) >= 11 is 0. The molecule has 0 fully saturated rings. The van der Waals surface area contributed by atoms with Gasteiger partial charge in [-0.15, -0.1) is 0 Å². The lowest BCUT2D eigenvalue weighted by Crippen LogP contribution is -2.24. The fourth-order valence-electron chi connectivity index (χ4n) is 4.02. The molecule has 0 aliphatic heterocycles. The summed E-state index contributed by atoms with van der Waals surface area (Å²) in [4.78, 5) is 12.4. The molecule has 0 aliphatic carbocycles. The van der Waals surface area contributed by atoms with Crippen molar-refractivity contribution in [2.75, 3.05) is 0 Å². The zero-order valence-electron chi connectivity index (χ0n) is 19.6. The van der Waals surface area contributed by atoms with E-state index in [1.807, 2.05) is 0 Å². The number of rotatable bonds is 8. The third-order valence-electron chi connectivity index (χ3n) is 5.75. The van der Waals surface area contributed by atoms with Crippen molar-refractivity contribution >= 4 is 5.91 Å². The SMILES string of the molecule is CCc1ccc(C)c(CNC(=O)CCCCC#Cc2c(C)cccc2C)c1C(C)C. The topological polar surface area (TPSA) is 29.1 Å². The lowest BCUT2D eigenvalue weighted by Gasteiger charge is -2.20. The van der Waals surface area contributed by atoms with Gasteiger partial charge in [-0.2, -0.15) is 0 Å². The number of hydrogen-bond acceptors (Lipinski definition) is 1. The molecule has 0 saturated carbocycles. The molecule has 0 atom stereocenters. The van der Waals surface area contributed by atoms with Crippen molar-refractivity contribution in [1.82, 2.24) is 5.32 Å². The van der Waals surface area contributed by atoms with E-state index in [0.717, 1.165) is 31.2 Å². The van der Waals surface area contributed by atoms with Gasteiger partial charge in [-0.1, -0.05) is 62.9 Å². The first kappa shape index (κ1) is 23.7. The highest BCUT2D eigenvalue weighted by molar-refractivity contribution is 5.75. The summed E-state index contributed by atoms with van der Waals surface area (Å²) < 4.78 is 0. The summed E-state index contributed by atoms with van der Waals surface area (Å²) in [6, 6.07) is 10.7. The van der Waals surface area contributed by atoms with E-state index in [-0.39, 0.29) is 5.91 Å². The molecule has 2 aromatic carbocycles. The van der Waals surface area contributed by atoms with E-state index >= 15 is 0 Å². The van der Waals surface area contributed by atoms with Gasteiger partial charge in [0, 0.05) is 24.9 Å². The van der Waals surface area contributed by atoms with Crippen LogP contribution in [0.1, 0.15) is 91.3 Å². The van der Waals surface area contributed by atoms with E-state index in [9.17, 15) is 4.79 Å². The second kappa shape index (κ2) is 11.6. The van der Waals surface area contributed by atoms with Crippen LogP contribution < -0.4 is 5.32 Å². The molecule has 2 aromatic rings. The fraction of sp³-hybridized carbons (Fsp3) is 0.464. The number of hydrogen-bond donors (Lipinski definition) is 1. The molecule has 1 amide bonds. The van der Waals surface area contributed by atoms with Gasteiger partial charge in [0.15, 0.2) is 0 Å². The van der Waals surface area contributed by atoms with Crippen LogP contribution in [-0.4, -0.2) is 5.91 Å². The maximum atomic E-state index is 12.4. The molecule has 30 heavy (non-hydrogen) atoms. The van der Waals surface area contributed by atoms with Crippen LogP contribution in [0, 0.1) is 32.6 Å². The van der Waals surface area contributed by atoms with Crippen LogP contribution in [0.4, 0.5) is 0 Å². The third-order valence-corrected chi connectivity index (χ3v) is 5.75. The van der Waals surface area contributed by atoms with Crippen LogP contribution in [0.3, 0.4) is 0 Å². The van der Waals surface area contributed by atoms with Gasteiger partial charge in [-0.05, 0) is 79.3 Å². The molecule has 0 spiro atoms. The lowest BCUT2D eigenvalue weighted by molar-refractivity contribution is -0.121. The minimum atomic E-state index is 0.133. The monoisotopic (exact) mass is 403 g/mol. The number of unbranched alkanes of at least 4 members (excludes halogenated alkanes) is 2. The minimum Gasteiger partial charge on any atom is -0.352 e. The summed E-state index contributed by atoms with van der Waals surface area (Å²) in [6.07, 6.45) is 4.24. The average molecular weight is 404 g/mol. The van der Waals surface area contributed by atoms with E-state index in [1.165, 1.54) is 33.4 Å². The highest BCUT2D eigenvalue weighted by atomic mass is 16.1. The first-order valence-electron chi connectivity index (χ1n) is 11.3. The minimum absolute atomic E-state index is 0.133. The Morgan fingerprint density at radius 1 is 1.00 bits per heavy atom. The van der Waals surface area contributed by atoms with Gasteiger partial charge in [-0.3, -0.25) is 4.79 Å². The van der Waals surface area contributed by atoms with Crippen LogP contribution in [0.5, 0.6) is 0 Å². The van der Waals surface area contributed by atoms with Gasteiger partial charge >= 0.3 is 0 Å². The highest BCUT2D eigenvalue weighted by Crippen LogP contribution is 2.27. The molecule has 0 unspecified atom stereocenters. The number of carbonyl (C=O) groups excluding carboxylic acids is 1. The Balaban J connectivity index is 1.82. The first-order chi connectivity index (χ1) is 14.3. The predicted molar refractivity (Wildman–Crippen MR) is 128 cm³/mol. The number of benzene rings is 2. The van der Waals surface area contributed by atoms with E-state index in [2.05, 4.69) is 89.0 Å². The van der Waals surface area contributed by atoms with Crippen molar-refractivity contribution in [3.05, 3.63) is 69.3 Å². The largest absolute Gasteiger partial charge is 0.352 e. The quantitative estimate of drug-likeness (QED) is 0.394. The van der Waals surface area contributed by atoms with E-state index in [0.29, 0.717) is 18.9 Å². The van der Waals surface area contributed by atoms with Crippen LogP contribution in [0.15, 0.2) is 30.3 Å². The van der Waals surface area contributed by atoms with Gasteiger partial charge in [0.25, 0.3) is 0 Å². The highest BCUT2D eigenvalue weighted by Gasteiger charge is 2.14. The molecule has 0 aromatic heterocycles. The number of nitrogens with one attached hydrogen (secondary N) is 1. The lowest BCUT2D eigenvalue weighted by atomic mass is 9.88. The second-order valence-corrected chi connectivity index (χ2v) is 8.49. The normalized spacial score (nSPS) is 10.6. The standard InChI is InChI=1S/C28H37NO/c1-7-24-18-17-23(6)26(28(24)20(2)3)19-29-27(30)16-11-9-8-10-15-25-21(4)13-12-14-22(25)5/h12-14,17-18,20H,7-9,11,16,19H2,1-6H3,(H,29,30). The summed E-state index contributed by atoms with van der Waals surface area (Å²) in [5, 5.41) is 3.14. The Morgan fingerprint density at radius 3 is 2.33 bits per heavy atom.